The molecule has 2 rings (SSSR count). The van der Waals surface area contributed by atoms with E-state index in [1.165, 1.54) is 0 Å². The van der Waals surface area contributed by atoms with E-state index in [1.807, 2.05) is 12.1 Å². The van der Waals surface area contributed by atoms with Crippen LogP contribution in [-0.2, 0) is 20.8 Å². The fourth-order valence-corrected chi connectivity index (χ4v) is 2.51. The Morgan fingerprint density at radius 2 is 2.25 bits per heavy atom. The summed E-state index contributed by atoms with van der Waals surface area (Å²) >= 11 is 0. The number of nitrogen functional groups attached to an aromatic ring is 1. The fraction of sp³-hybridized carbons (Fsp3) is 0.500. The smallest absolute Gasteiger partial charge is 0.305 e. The van der Waals surface area contributed by atoms with Crippen molar-refractivity contribution < 1.29 is 19.5 Å². The summed E-state index contributed by atoms with van der Waals surface area (Å²) in [6.45, 7) is 1.65. The van der Waals surface area contributed by atoms with Gasteiger partial charge in [-0.15, -0.1) is 0 Å². The molecule has 0 aliphatic carbocycles. The Balaban J connectivity index is 1.70. The van der Waals surface area contributed by atoms with Crippen LogP contribution in [0, 0.1) is 0 Å². The zero-order valence-corrected chi connectivity index (χ0v) is 13.6. The maximum Gasteiger partial charge on any atom is 0.305 e. The highest BCUT2D eigenvalue weighted by Gasteiger charge is 2.24. The lowest BCUT2D eigenvalue weighted by atomic mass is 10.0. The van der Waals surface area contributed by atoms with Crippen molar-refractivity contribution in [3.63, 3.8) is 0 Å². The number of rotatable bonds is 8. The molecule has 0 saturated heterocycles. The van der Waals surface area contributed by atoms with Gasteiger partial charge in [0.2, 0.25) is 5.91 Å². The molecule has 1 amide bonds. The van der Waals surface area contributed by atoms with Gasteiger partial charge in [-0.2, -0.15) is 0 Å². The maximum atomic E-state index is 11.9. The number of carbonyl (C=O) groups excluding carboxylic acids is 1. The van der Waals surface area contributed by atoms with Gasteiger partial charge in [-0.3, -0.25) is 9.59 Å². The van der Waals surface area contributed by atoms with E-state index in [4.69, 9.17) is 15.7 Å². The summed E-state index contributed by atoms with van der Waals surface area (Å²) in [6.07, 6.45) is 1.75. The van der Waals surface area contributed by atoms with Crippen molar-refractivity contribution in [2.24, 2.45) is 5.16 Å². The SMILES string of the molecule is C[C@H](CC(=O)O)NC(=O)C[C@H]1CC(CCc2cccc(N)n2)=NO1. The average Bonchev–Trinajstić information content (AvgIpc) is 2.91. The molecule has 8 nitrogen and oxygen atoms in total. The van der Waals surface area contributed by atoms with Crippen LogP contribution in [0.4, 0.5) is 5.82 Å². The molecule has 1 aromatic heterocycles. The number of aryl methyl sites for hydroxylation is 1. The molecular formula is C16H22N4O4. The summed E-state index contributed by atoms with van der Waals surface area (Å²) in [5.74, 6) is -0.689. The quantitative estimate of drug-likeness (QED) is 0.653. The van der Waals surface area contributed by atoms with Gasteiger partial charge >= 0.3 is 5.97 Å². The van der Waals surface area contributed by atoms with Crippen molar-refractivity contribution in [1.82, 2.24) is 10.3 Å². The van der Waals surface area contributed by atoms with Gasteiger partial charge in [0.25, 0.3) is 0 Å². The predicted molar refractivity (Wildman–Crippen MR) is 88.4 cm³/mol. The molecule has 0 radical (unpaired) electrons. The zero-order valence-electron chi connectivity index (χ0n) is 13.6. The molecule has 0 saturated carbocycles. The Labute approximate surface area is 140 Å². The van der Waals surface area contributed by atoms with Crippen LogP contribution in [0.2, 0.25) is 0 Å². The van der Waals surface area contributed by atoms with Crippen molar-refractivity contribution >= 4 is 23.4 Å². The first-order chi connectivity index (χ1) is 11.4. The summed E-state index contributed by atoms with van der Waals surface area (Å²) in [5, 5.41) is 15.3. The third-order valence-corrected chi connectivity index (χ3v) is 3.59. The summed E-state index contributed by atoms with van der Waals surface area (Å²) in [5.41, 5.74) is 7.42. The van der Waals surface area contributed by atoms with Crippen LogP contribution in [0.25, 0.3) is 0 Å². The molecule has 130 valence electrons. The lowest BCUT2D eigenvalue weighted by Gasteiger charge is -2.13. The van der Waals surface area contributed by atoms with Crippen molar-refractivity contribution in [1.29, 1.82) is 0 Å². The summed E-state index contributed by atoms with van der Waals surface area (Å²) < 4.78 is 0. The van der Waals surface area contributed by atoms with Gasteiger partial charge in [0, 0.05) is 18.2 Å². The van der Waals surface area contributed by atoms with Crippen LogP contribution in [0.5, 0.6) is 0 Å². The number of carbonyl (C=O) groups is 2. The van der Waals surface area contributed by atoms with Gasteiger partial charge in [-0.25, -0.2) is 4.98 Å². The van der Waals surface area contributed by atoms with Gasteiger partial charge in [-0.05, 0) is 31.9 Å². The molecule has 1 aliphatic heterocycles. The van der Waals surface area contributed by atoms with Gasteiger partial charge in [0.1, 0.15) is 11.9 Å². The lowest BCUT2D eigenvalue weighted by Crippen LogP contribution is -2.36. The monoisotopic (exact) mass is 334 g/mol. The predicted octanol–water partition coefficient (Wildman–Crippen LogP) is 1.11. The molecule has 2 heterocycles. The molecule has 0 bridgehead atoms. The third-order valence-electron chi connectivity index (χ3n) is 3.59. The Morgan fingerprint density at radius 3 is 2.96 bits per heavy atom. The minimum atomic E-state index is -0.944. The largest absolute Gasteiger partial charge is 0.481 e. The number of anilines is 1. The van der Waals surface area contributed by atoms with Crippen LogP contribution >= 0.6 is 0 Å². The summed E-state index contributed by atoms with van der Waals surface area (Å²) in [4.78, 5) is 31.9. The molecule has 24 heavy (non-hydrogen) atoms. The molecule has 0 fully saturated rings. The minimum Gasteiger partial charge on any atom is -0.481 e. The number of nitrogens with two attached hydrogens (primary N) is 1. The lowest BCUT2D eigenvalue weighted by molar-refractivity contribution is -0.137. The van der Waals surface area contributed by atoms with E-state index in [0.29, 0.717) is 25.1 Å². The van der Waals surface area contributed by atoms with Crippen LogP contribution < -0.4 is 11.1 Å². The first-order valence-electron chi connectivity index (χ1n) is 7.86. The average molecular weight is 334 g/mol. The molecule has 8 heteroatoms. The Kier molecular flexibility index (Phi) is 6.11. The maximum absolute atomic E-state index is 11.9. The van der Waals surface area contributed by atoms with Crippen molar-refractivity contribution in [2.45, 2.75) is 51.2 Å². The number of nitrogens with zero attached hydrogens (tertiary/aromatic N) is 2. The van der Waals surface area contributed by atoms with E-state index in [9.17, 15) is 9.59 Å². The highest BCUT2D eigenvalue weighted by Crippen LogP contribution is 2.17. The normalized spacial score (nSPS) is 17.7. The van der Waals surface area contributed by atoms with Crippen LogP contribution in [0.15, 0.2) is 23.4 Å². The zero-order chi connectivity index (χ0) is 17.5. The topological polar surface area (TPSA) is 127 Å². The second-order valence-corrected chi connectivity index (χ2v) is 5.91. The molecular weight excluding hydrogens is 312 g/mol. The Morgan fingerprint density at radius 1 is 1.46 bits per heavy atom. The molecule has 0 spiro atoms. The van der Waals surface area contributed by atoms with E-state index < -0.39 is 12.0 Å². The first kappa shape index (κ1) is 17.7. The standard InChI is InChI=1S/C16H22N4O4/c1-10(7-16(22)23)18-15(21)9-13-8-12(20-24-13)6-5-11-3-2-4-14(17)19-11/h2-4,10,13H,5-9H2,1H3,(H2,17,19)(H,18,21)(H,22,23)/t10-,13-/m1/s1. The Hall–Kier alpha value is -2.64. The molecule has 0 aromatic carbocycles. The fourth-order valence-electron chi connectivity index (χ4n) is 2.51. The third kappa shape index (κ3) is 5.86. The van der Waals surface area contributed by atoms with Gasteiger partial charge in [0.05, 0.1) is 18.6 Å². The number of nitrogens with one attached hydrogen (secondary N) is 1. The molecule has 0 unspecified atom stereocenters. The number of aromatic nitrogens is 1. The van der Waals surface area contributed by atoms with Gasteiger partial charge < -0.3 is 21.0 Å². The number of hydrogen-bond acceptors (Lipinski definition) is 6. The van der Waals surface area contributed by atoms with Crippen molar-refractivity contribution in [3.8, 4) is 0 Å². The Bertz CT molecular complexity index is 632. The van der Waals surface area contributed by atoms with E-state index in [1.54, 1.807) is 13.0 Å². The highest BCUT2D eigenvalue weighted by molar-refractivity contribution is 5.87. The second-order valence-electron chi connectivity index (χ2n) is 5.91. The van der Waals surface area contributed by atoms with Crippen molar-refractivity contribution in [2.75, 3.05) is 5.73 Å². The van der Waals surface area contributed by atoms with E-state index in [0.717, 1.165) is 11.4 Å². The highest BCUT2D eigenvalue weighted by atomic mass is 16.6. The van der Waals surface area contributed by atoms with E-state index in [-0.39, 0.29) is 24.9 Å². The molecule has 1 aromatic rings. The van der Waals surface area contributed by atoms with Crippen molar-refractivity contribution in [3.05, 3.63) is 23.9 Å². The molecule has 4 N–H and O–H groups in total. The second kappa shape index (κ2) is 8.28. The van der Waals surface area contributed by atoms with Crippen LogP contribution in [0.3, 0.4) is 0 Å². The minimum absolute atomic E-state index is 0.105. The summed E-state index contributed by atoms with van der Waals surface area (Å²) in [6, 6.07) is 5.09. The number of pyridine rings is 1. The number of aliphatic carboxylic acids is 1. The van der Waals surface area contributed by atoms with Gasteiger partial charge in [-0.1, -0.05) is 11.2 Å². The number of oxime groups is 1. The number of carboxylic acid groups (broad SMARTS) is 1. The van der Waals surface area contributed by atoms with E-state index in [2.05, 4.69) is 15.5 Å². The number of amides is 1. The van der Waals surface area contributed by atoms with Gasteiger partial charge in [0.15, 0.2) is 0 Å². The number of hydrogen-bond donors (Lipinski definition) is 3. The first-order valence-corrected chi connectivity index (χ1v) is 7.86. The molecule has 1 aliphatic rings. The van der Waals surface area contributed by atoms with Crippen LogP contribution in [0.1, 0.15) is 38.3 Å². The number of carboxylic acids is 1. The van der Waals surface area contributed by atoms with E-state index >= 15 is 0 Å². The molecule has 2 atom stereocenters. The summed E-state index contributed by atoms with van der Waals surface area (Å²) in [7, 11) is 0. The van der Waals surface area contributed by atoms with Crippen LogP contribution in [-0.4, -0.2) is 39.8 Å².